The third-order valence-corrected chi connectivity index (χ3v) is 5.97. The summed E-state index contributed by atoms with van der Waals surface area (Å²) in [7, 11) is 1.59. The quantitative estimate of drug-likeness (QED) is 0.497. The van der Waals surface area contributed by atoms with Crippen molar-refractivity contribution in [1.82, 2.24) is 19.7 Å². The Kier molecular flexibility index (Phi) is 4.90. The molecule has 1 aliphatic rings. The normalized spacial score (nSPS) is 13.5. The van der Waals surface area contributed by atoms with E-state index in [9.17, 15) is 0 Å². The third-order valence-electron chi connectivity index (χ3n) is 5.69. The molecular weight excluding hydrogens is 414 g/mol. The van der Waals surface area contributed by atoms with Gasteiger partial charge in [0.25, 0.3) is 0 Å². The van der Waals surface area contributed by atoms with E-state index in [1.807, 2.05) is 23.7 Å². The van der Waals surface area contributed by atoms with Gasteiger partial charge in [0.15, 0.2) is 17.1 Å². The molecule has 0 atom stereocenters. The van der Waals surface area contributed by atoms with Gasteiger partial charge >= 0.3 is 0 Å². The van der Waals surface area contributed by atoms with Gasteiger partial charge in [-0.1, -0.05) is 35.9 Å². The molecule has 2 aromatic carbocycles. The van der Waals surface area contributed by atoms with Gasteiger partial charge in [0.05, 0.1) is 30.2 Å². The van der Waals surface area contributed by atoms with Crippen LogP contribution in [0.3, 0.4) is 0 Å². The molecule has 4 aromatic rings. The van der Waals surface area contributed by atoms with Crippen LogP contribution in [0.1, 0.15) is 24.1 Å². The van der Waals surface area contributed by atoms with E-state index < -0.39 is 0 Å². The summed E-state index contributed by atoms with van der Waals surface area (Å²) in [5, 5.41) is 6.11. The summed E-state index contributed by atoms with van der Waals surface area (Å²) in [4.78, 5) is 8.74. The number of fused-ring (bicyclic) bond motifs is 2. The summed E-state index contributed by atoms with van der Waals surface area (Å²) < 4.78 is 13.1. The van der Waals surface area contributed by atoms with E-state index >= 15 is 0 Å². The Morgan fingerprint density at radius 3 is 2.58 bits per heavy atom. The van der Waals surface area contributed by atoms with Crippen LogP contribution < -0.4 is 15.2 Å². The van der Waals surface area contributed by atoms with Crippen LogP contribution in [0.25, 0.3) is 22.3 Å². The Bertz CT molecular complexity index is 1260. The number of hydrogen-bond donors (Lipinski definition) is 1. The van der Waals surface area contributed by atoms with Gasteiger partial charge in [-0.25, -0.2) is 14.6 Å². The number of anilines is 1. The molecule has 0 saturated carbocycles. The zero-order valence-electron chi connectivity index (χ0n) is 17.3. The lowest BCUT2D eigenvalue weighted by atomic mass is 10.1. The van der Waals surface area contributed by atoms with Crippen molar-refractivity contribution < 1.29 is 9.47 Å². The third kappa shape index (κ3) is 3.25. The Morgan fingerprint density at radius 2 is 1.90 bits per heavy atom. The number of hydrogen-bond acceptors (Lipinski definition) is 6. The highest BCUT2D eigenvalue weighted by Gasteiger charge is 2.28. The smallest absolute Gasteiger partial charge is 0.179 e. The van der Waals surface area contributed by atoms with Crippen molar-refractivity contribution in [1.29, 1.82) is 0 Å². The van der Waals surface area contributed by atoms with Crippen LogP contribution in [-0.2, 0) is 12.8 Å². The first-order valence-electron chi connectivity index (χ1n) is 10.2. The summed E-state index contributed by atoms with van der Waals surface area (Å²) >= 11 is 6.53. The maximum atomic E-state index is 6.53. The summed E-state index contributed by atoms with van der Waals surface area (Å²) in [5.74, 6) is 1.43. The maximum absolute atomic E-state index is 6.53. The Hall–Kier alpha value is -3.32. The average molecular weight is 436 g/mol. The first-order valence-corrected chi connectivity index (χ1v) is 10.5. The summed E-state index contributed by atoms with van der Waals surface area (Å²) in [5.41, 5.74) is 11.1. The molecule has 0 radical (unpaired) electrons. The molecule has 2 N–H and O–H groups in total. The number of nitrogen functional groups attached to an aromatic ring is 1. The minimum absolute atomic E-state index is 0.156. The molecule has 2 aromatic heterocycles. The van der Waals surface area contributed by atoms with E-state index in [1.54, 1.807) is 7.11 Å². The van der Waals surface area contributed by atoms with E-state index in [-0.39, 0.29) is 6.04 Å². The largest absolute Gasteiger partial charge is 0.493 e. The molecule has 5 rings (SSSR count). The molecule has 0 amide bonds. The maximum Gasteiger partial charge on any atom is 0.179 e. The van der Waals surface area contributed by atoms with Gasteiger partial charge in [0.1, 0.15) is 17.8 Å². The van der Waals surface area contributed by atoms with Gasteiger partial charge in [-0.2, -0.15) is 5.10 Å². The molecule has 2 heterocycles. The minimum atomic E-state index is 0.156. The number of nitrogens with two attached hydrogens (primary N) is 1. The molecule has 0 saturated heterocycles. The second-order valence-electron chi connectivity index (χ2n) is 7.50. The molecule has 0 fully saturated rings. The van der Waals surface area contributed by atoms with E-state index in [1.165, 1.54) is 17.5 Å². The van der Waals surface area contributed by atoms with Crippen LogP contribution in [0.15, 0.2) is 42.7 Å². The average Bonchev–Trinajstić information content (AvgIpc) is 3.37. The number of aromatic nitrogens is 4. The van der Waals surface area contributed by atoms with Gasteiger partial charge in [0.2, 0.25) is 0 Å². The van der Waals surface area contributed by atoms with Crippen molar-refractivity contribution in [2.75, 3.05) is 19.5 Å². The molecule has 7 nitrogen and oxygen atoms in total. The van der Waals surface area contributed by atoms with Crippen molar-refractivity contribution in [3.8, 4) is 22.8 Å². The molecule has 31 heavy (non-hydrogen) atoms. The molecule has 158 valence electrons. The lowest BCUT2D eigenvalue weighted by Crippen LogP contribution is -2.11. The predicted molar refractivity (Wildman–Crippen MR) is 121 cm³/mol. The van der Waals surface area contributed by atoms with Crippen molar-refractivity contribution in [3.05, 3.63) is 58.9 Å². The highest BCUT2D eigenvalue weighted by Crippen LogP contribution is 2.42. The summed E-state index contributed by atoms with van der Waals surface area (Å²) in [6.45, 7) is 2.38. The fourth-order valence-electron chi connectivity index (χ4n) is 4.30. The number of methoxy groups -OCH3 is 1. The van der Waals surface area contributed by atoms with Crippen LogP contribution in [-0.4, -0.2) is 33.5 Å². The SMILES string of the molecule is CCOc1c(Cl)cc(-c2nn(C3Cc4ccccc4C3)c3ncnc(N)c23)cc1OC. The topological polar surface area (TPSA) is 88.1 Å². The number of nitrogens with zero attached hydrogens (tertiary/aromatic N) is 4. The number of halogens is 1. The molecule has 0 aliphatic heterocycles. The van der Waals surface area contributed by atoms with Gasteiger partial charge in [-0.15, -0.1) is 0 Å². The standard InChI is InChI=1S/C23H22ClN5O2/c1-3-31-21-17(24)10-15(11-18(21)30-2)20-19-22(25)26-12-27-23(19)29(28-20)16-8-13-6-4-5-7-14(13)9-16/h4-7,10-12,16H,3,8-9H2,1-2H3,(H2,25,26,27). The second-order valence-corrected chi connectivity index (χ2v) is 7.91. The number of rotatable bonds is 5. The van der Waals surface area contributed by atoms with Crippen molar-refractivity contribution in [2.24, 2.45) is 0 Å². The zero-order chi connectivity index (χ0) is 21.5. The van der Waals surface area contributed by atoms with Gasteiger partial charge in [-0.3, -0.25) is 0 Å². The van der Waals surface area contributed by atoms with Crippen LogP contribution in [0.2, 0.25) is 5.02 Å². The van der Waals surface area contributed by atoms with E-state index in [0.29, 0.717) is 45.7 Å². The zero-order valence-corrected chi connectivity index (χ0v) is 18.1. The first kappa shape index (κ1) is 19.6. The van der Waals surface area contributed by atoms with Gasteiger partial charge in [-0.05, 0) is 43.0 Å². The molecule has 1 aliphatic carbocycles. The fraction of sp³-hybridized carbons (Fsp3) is 0.261. The fourth-order valence-corrected chi connectivity index (χ4v) is 4.57. The van der Waals surface area contributed by atoms with Crippen molar-refractivity contribution in [2.45, 2.75) is 25.8 Å². The van der Waals surface area contributed by atoms with Crippen molar-refractivity contribution >= 4 is 28.5 Å². The van der Waals surface area contributed by atoms with Crippen molar-refractivity contribution in [3.63, 3.8) is 0 Å². The Morgan fingerprint density at radius 1 is 1.16 bits per heavy atom. The summed E-state index contributed by atoms with van der Waals surface area (Å²) in [6.07, 6.45) is 3.26. The Labute approximate surface area is 184 Å². The minimum Gasteiger partial charge on any atom is -0.493 e. The summed E-state index contributed by atoms with van der Waals surface area (Å²) in [6, 6.07) is 12.3. The van der Waals surface area contributed by atoms with Gasteiger partial charge in [0, 0.05) is 5.56 Å². The van der Waals surface area contributed by atoms with E-state index in [4.69, 9.17) is 31.9 Å². The highest BCUT2D eigenvalue weighted by molar-refractivity contribution is 6.32. The molecular formula is C23H22ClN5O2. The number of ether oxygens (including phenoxy) is 2. The first-order chi connectivity index (χ1) is 15.1. The second kappa shape index (κ2) is 7.74. The number of benzene rings is 2. The predicted octanol–water partition coefficient (Wildman–Crippen LogP) is 4.48. The lowest BCUT2D eigenvalue weighted by Gasteiger charge is -2.13. The Balaban J connectivity index is 1.67. The van der Waals surface area contributed by atoms with Crippen LogP contribution in [0.5, 0.6) is 11.5 Å². The molecule has 0 unspecified atom stereocenters. The van der Waals surface area contributed by atoms with Crippen LogP contribution >= 0.6 is 11.6 Å². The lowest BCUT2D eigenvalue weighted by molar-refractivity contribution is 0.311. The molecule has 8 heteroatoms. The van der Waals surface area contributed by atoms with Crippen LogP contribution in [0.4, 0.5) is 5.82 Å². The van der Waals surface area contributed by atoms with Gasteiger partial charge < -0.3 is 15.2 Å². The highest BCUT2D eigenvalue weighted by atomic mass is 35.5. The van der Waals surface area contributed by atoms with Crippen LogP contribution in [0, 0.1) is 0 Å². The molecule has 0 spiro atoms. The molecule has 0 bridgehead atoms. The van der Waals surface area contributed by atoms with E-state index in [2.05, 4.69) is 34.2 Å². The monoisotopic (exact) mass is 435 g/mol. The van der Waals surface area contributed by atoms with E-state index in [0.717, 1.165) is 18.4 Å².